The van der Waals surface area contributed by atoms with Gasteiger partial charge in [-0.3, -0.25) is 4.79 Å². The van der Waals surface area contributed by atoms with Crippen LogP contribution in [0.15, 0.2) is 48.5 Å². The molecule has 0 bridgehead atoms. The van der Waals surface area contributed by atoms with Crippen LogP contribution in [0.3, 0.4) is 0 Å². The minimum Gasteiger partial charge on any atom is -0.393 e. The van der Waals surface area contributed by atoms with Crippen LogP contribution in [-0.2, 0) is 0 Å². The van der Waals surface area contributed by atoms with Crippen LogP contribution in [0.5, 0.6) is 0 Å². The van der Waals surface area contributed by atoms with Gasteiger partial charge in [0.2, 0.25) is 0 Å². The smallest absolute Gasteiger partial charge is 0.185 e. The summed E-state index contributed by atoms with van der Waals surface area (Å²) < 4.78 is 26.7. The third kappa shape index (κ3) is 4.31. The Kier molecular flexibility index (Phi) is 5.24. The zero-order valence-electron chi connectivity index (χ0n) is 13.7. The van der Waals surface area contributed by atoms with Gasteiger partial charge in [0.1, 0.15) is 11.6 Å². The van der Waals surface area contributed by atoms with Crippen LogP contribution in [0.25, 0.3) is 6.08 Å². The summed E-state index contributed by atoms with van der Waals surface area (Å²) in [6, 6.07) is 10.3. The number of piperidine rings is 1. The van der Waals surface area contributed by atoms with Crippen molar-refractivity contribution in [1.82, 2.24) is 0 Å². The van der Waals surface area contributed by atoms with Crippen LogP contribution in [-0.4, -0.2) is 30.1 Å². The normalized spacial score (nSPS) is 15.7. The van der Waals surface area contributed by atoms with E-state index in [4.69, 9.17) is 0 Å². The van der Waals surface area contributed by atoms with Crippen LogP contribution in [0.1, 0.15) is 28.8 Å². The molecule has 1 aliphatic rings. The zero-order valence-corrected chi connectivity index (χ0v) is 13.7. The lowest BCUT2D eigenvalue weighted by molar-refractivity contribution is 0.104. The first-order chi connectivity index (χ1) is 12.0. The summed E-state index contributed by atoms with van der Waals surface area (Å²) >= 11 is 0. The van der Waals surface area contributed by atoms with Crippen molar-refractivity contribution in [3.63, 3.8) is 0 Å². The van der Waals surface area contributed by atoms with Crippen molar-refractivity contribution >= 4 is 17.5 Å². The number of carbonyl (C=O) groups is 1. The van der Waals surface area contributed by atoms with Gasteiger partial charge in [-0.15, -0.1) is 0 Å². The van der Waals surface area contributed by atoms with Gasteiger partial charge in [0.05, 0.1) is 6.10 Å². The molecule has 1 fully saturated rings. The molecule has 0 amide bonds. The molecule has 5 heteroatoms. The summed E-state index contributed by atoms with van der Waals surface area (Å²) in [6.07, 6.45) is 3.77. The van der Waals surface area contributed by atoms with Gasteiger partial charge >= 0.3 is 0 Å². The molecule has 0 unspecified atom stereocenters. The van der Waals surface area contributed by atoms with Crippen LogP contribution in [0.2, 0.25) is 0 Å². The number of rotatable bonds is 4. The maximum absolute atomic E-state index is 13.6. The van der Waals surface area contributed by atoms with Crippen LogP contribution >= 0.6 is 0 Å². The lowest BCUT2D eigenvalue weighted by atomic mass is 10.1. The van der Waals surface area contributed by atoms with Gasteiger partial charge in [0.25, 0.3) is 0 Å². The molecule has 1 aliphatic heterocycles. The molecule has 25 heavy (non-hydrogen) atoms. The van der Waals surface area contributed by atoms with E-state index in [1.54, 1.807) is 12.1 Å². The second-order valence-electron chi connectivity index (χ2n) is 6.13. The van der Waals surface area contributed by atoms with E-state index in [0.29, 0.717) is 5.56 Å². The molecule has 0 radical (unpaired) electrons. The number of nitrogens with zero attached hydrogens (tertiary/aromatic N) is 1. The fourth-order valence-corrected chi connectivity index (χ4v) is 2.86. The average Bonchev–Trinajstić information content (AvgIpc) is 2.63. The van der Waals surface area contributed by atoms with Crippen molar-refractivity contribution in [2.75, 3.05) is 18.0 Å². The van der Waals surface area contributed by atoms with Gasteiger partial charge < -0.3 is 10.0 Å². The summed E-state index contributed by atoms with van der Waals surface area (Å²) in [5, 5.41) is 9.55. The molecule has 0 aromatic heterocycles. The molecular weight excluding hydrogens is 324 g/mol. The Bertz CT molecular complexity index is 779. The van der Waals surface area contributed by atoms with Gasteiger partial charge in [0.15, 0.2) is 5.78 Å². The standard InChI is InChI=1S/C20H19F2NO2/c21-16-4-7-19(22)15(13-16)3-8-20(25)14-1-5-17(6-2-14)23-11-9-18(24)10-12-23/h1-8,13,18,24H,9-12H2. The number of anilines is 1. The highest BCUT2D eigenvalue weighted by atomic mass is 19.1. The monoisotopic (exact) mass is 343 g/mol. The van der Waals surface area contributed by atoms with Crippen molar-refractivity contribution in [2.45, 2.75) is 18.9 Å². The Morgan fingerprint density at radius 1 is 1.08 bits per heavy atom. The summed E-state index contributed by atoms with van der Waals surface area (Å²) in [4.78, 5) is 14.4. The van der Waals surface area contributed by atoms with Crippen molar-refractivity contribution < 1.29 is 18.7 Å². The first kappa shape index (κ1) is 17.3. The Morgan fingerprint density at radius 3 is 2.44 bits per heavy atom. The fourth-order valence-electron chi connectivity index (χ4n) is 2.86. The SMILES string of the molecule is O=C(C=Cc1cc(F)ccc1F)c1ccc(N2CCC(O)CC2)cc1. The first-order valence-electron chi connectivity index (χ1n) is 8.23. The van der Waals surface area contributed by atoms with Crippen molar-refractivity contribution in [3.05, 3.63) is 71.3 Å². The van der Waals surface area contributed by atoms with Crippen molar-refractivity contribution in [2.24, 2.45) is 0 Å². The average molecular weight is 343 g/mol. The van der Waals surface area contributed by atoms with Gasteiger partial charge in [-0.05, 0) is 67.5 Å². The van der Waals surface area contributed by atoms with E-state index in [0.717, 1.165) is 49.8 Å². The molecule has 1 N–H and O–H groups in total. The van der Waals surface area contributed by atoms with Gasteiger partial charge in [-0.25, -0.2) is 8.78 Å². The largest absolute Gasteiger partial charge is 0.393 e. The number of hydrogen-bond donors (Lipinski definition) is 1. The Labute approximate surface area is 145 Å². The lowest BCUT2D eigenvalue weighted by Gasteiger charge is -2.31. The zero-order chi connectivity index (χ0) is 17.8. The molecule has 3 rings (SSSR count). The number of allylic oxidation sites excluding steroid dienone is 1. The maximum atomic E-state index is 13.6. The van der Waals surface area contributed by atoms with E-state index < -0.39 is 11.6 Å². The number of benzene rings is 2. The second-order valence-corrected chi connectivity index (χ2v) is 6.13. The molecule has 2 aromatic rings. The minimum atomic E-state index is -0.576. The maximum Gasteiger partial charge on any atom is 0.185 e. The molecule has 2 aromatic carbocycles. The fraction of sp³-hybridized carbons (Fsp3) is 0.250. The van der Waals surface area contributed by atoms with Gasteiger partial charge in [-0.2, -0.15) is 0 Å². The number of aliphatic hydroxyl groups is 1. The minimum absolute atomic E-state index is 0.0387. The highest BCUT2D eigenvalue weighted by Crippen LogP contribution is 2.21. The topological polar surface area (TPSA) is 40.5 Å². The van der Waals surface area contributed by atoms with E-state index in [1.807, 2.05) is 12.1 Å². The summed E-state index contributed by atoms with van der Waals surface area (Å²) in [6.45, 7) is 1.57. The molecule has 0 atom stereocenters. The second kappa shape index (κ2) is 7.57. The Hall–Kier alpha value is -2.53. The van der Waals surface area contributed by atoms with E-state index in [2.05, 4.69) is 4.90 Å². The Balaban J connectivity index is 1.68. The highest BCUT2D eigenvalue weighted by molar-refractivity contribution is 6.07. The number of halogens is 2. The quantitative estimate of drug-likeness (QED) is 0.678. The molecule has 0 spiro atoms. The summed E-state index contributed by atoms with van der Waals surface area (Å²) in [5.74, 6) is -1.40. The van der Waals surface area contributed by atoms with Crippen LogP contribution < -0.4 is 4.90 Å². The van der Waals surface area contributed by atoms with Gasteiger partial charge in [-0.1, -0.05) is 0 Å². The molecule has 0 aliphatic carbocycles. The third-order valence-electron chi connectivity index (χ3n) is 4.35. The molecule has 0 saturated carbocycles. The van der Waals surface area contributed by atoms with E-state index in [-0.39, 0.29) is 17.5 Å². The van der Waals surface area contributed by atoms with Crippen molar-refractivity contribution in [1.29, 1.82) is 0 Å². The molecule has 1 heterocycles. The number of aliphatic hydroxyl groups excluding tert-OH is 1. The van der Waals surface area contributed by atoms with Gasteiger partial charge in [0, 0.05) is 29.9 Å². The van der Waals surface area contributed by atoms with E-state index >= 15 is 0 Å². The number of hydrogen-bond acceptors (Lipinski definition) is 3. The molecular formula is C20H19F2NO2. The predicted octanol–water partition coefficient (Wildman–Crippen LogP) is 3.82. The van der Waals surface area contributed by atoms with Crippen molar-refractivity contribution in [3.8, 4) is 0 Å². The number of ketones is 1. The predicted molar refractivity (Wildman–Crippen MR) is 93.6 cm³/mol. The lowest BCUT2D eigenvalue weighted by Crippen LogP contribution is -2.35. The summed E-state index contributed by atoms with van der Waals surface area (Å²) in [7, 11) is 0. The van der Waals surface area contributed by atoms with Crippen LogP contribution in [0.4, 0.5) is 14.5 Å². The highest BCUT2D eigenvalue weighted by Gasteiger charge is 2.17. The van der Waals surface area contributed by atoms with E-state index in [1.165, 1.54) is 12.2 Å². The Morgan fingerprint density at radius 2 is 1.76 bits per heavy atom. The molecule has 130 valence electrons. The van der Waals surface area contributed by atoms with E-state index in [9.17, 15) is 18.7 Å². The first-order valence-corrected chi connectivity index (χ1v) is 8.23. The molecule has 1 saturated heterocycles. The summed E-state index contributed by atoms with van der Waals surface area (Å²) in [5.41, 5.74) is 1.52. The third-order valence-corrected chi connectivity index (χ3v) is 4.35. The van der Waals surface area contributed by atoms with Crippen LogP contribution in [0, 0.1) is 11.6 Å². The molecule has 3 nitrogen and oxygen atoms in total. The number of carbonyl (C=O) groups excluding carboxylic acids is 1.